The van der Waals surface area contributed by atoms with E-state index in [1.165, 1.54) is 12.7 Å². The average Bonchev–Trinajstić information content (AvgIpc) is 4.04. The maximum atomic E-state index is 15.1. The van der Waals surface area contributed by atoms with Gasteiger partial charge in [0, 0.05) is 82.6 Å². The maximum absolute atomic E-state index is 15.1. The van der Waals surface area contributed by atoms with Gasteiger partial charge in [0.2, 0.25) is 5.91 Å². The molecule has 1 aliphatic rings. The fraction of sp³-hybridized carbons (Fsp3) is 0.286. The Morgan fingerprint density at radius 3 is 2.03 bits per heavy atom. The number of carboxylic acids is 2. The standard InChI is InChI=1S/C42H46N10O6/c1-20-10-35-39(41(57)36(13-26-17-45-19-47-26)52-42(58)29(43)11-25-16-44-18-46-25)40-21(2)9-24(48-40)12-31-22(3)27(5-7-37(53)54)33(50-31)15-34-28(6-8-38(55)56)23(4)32(51-34)14-30(20)49-35/h9-10,12,14-19,29,36,48-51H,5-8,11,13,43H2,1-4H3,(H,44,46)(H,45,47)(H,52,58)(H,53,54)(H,55,56)/t29-,36-/m0/s1. The lowest BCUT2D eigenvalue weighted by Crippen LogP contribution is -2.51. The summed E-state index contributed by atoms with van der Waals surface area (Å²) in [5, 5.41) is 24.8. The van der Waals surface area contributed by atoms with E-state index in [0.717, 1.165) is 44.4 Å². The van der Waals surface area contributed by atoms with Crippen molar-refractivity contribution in [3.8, 4) is 0 Å². The highest BCUT2D eigenvalue weighted by Gasteiger charge is 2.30. The summed E-state index contributed by atoms with van der Waals surface area (Å²) in [5.41, 5.74) is 15.6. The van der Waals surface area contributed by atoms with E-state index in [9.17, 15) is 24.6 Å². The van der Waals surface area contributed by atoms with Crippen molar-refractivity contribution < 1.29 is 29.4 Å². The fourth-order valence-electron chi connectivity index (χ4n) is 7.62. The number of nitrogens with one attached hydrogen (secondary N) is 7. The van der Waals surface area contributed by atoms with Crippen molar-refractivity contribution in [2.24, 2.45) is 5.73 Å². The third-order valence-corrected chi connectivity index (χ3v) is 10.8. The number of Topliss-reactive ketones (excluding diaryl/α,β-unsaturated/α-hetero) is 1. The molecule has 7 rings (SSSR count). The molecular formula is C42H46N10O6. The predicted molar refractivity (Wildman–Crippen MR) is 215 cm³/mol. The van der Waals surface area contributed by atoms with Crippen molar-refractivity contribution in [2.45, 2.75) is 78.3 Å². The number of ketones is 1. The molecular weight excluding hydrogens is 741 g/mol. The third-order valence-electron chi connectivity index (χ3n) is 10.8. The SMILES string of the molecule is Cc1cc2[nH]c1C=c1[nH]c(c(CCC(=O)O)c1C)=Cc1[nH]c(c(C)c1CCC(=O)O)C=c1cc(C)c([nH]1)=C2C(=O)[C@H](Cc1cnc[nH]1)NC(=O)[C@@H](N)Cc1cnc[nH]1. The van der Waals surface area contributed by atoms with Crippen molar-refractivity contribution in [1.29, 1.82) is 0 Å². The van der Waals surface area contributed by atoms with Gasteiger partial charge in [-0.25, -0.2) is 9.97 Å². The van der Waals surface area contributed by atoms with Crippen molar-refractivity contribution in [3.63, 3.8) is 0 Å². The van der Waals surface area contributed by atoms with E-state index in [4.69, 9.17) is 5.73 Å². The van der Waals surface area contributed by atoms with Gasteiger partial charge in [0.15, 0.2) is 5.78 Å². The van der Waals surface area contributed by atoms with Crippen LogP contribution in [0.5, 0.6) is 0 Å². The number of rotatable bonds is 14. The second kappa shape index (κ2) is 16.3. The Hall–Kier alpha value is -6.94. The Balaban J connectivity index is 1.44. The molecule has 0 fully saturated rings. The number of aromatic amines is 6. The summed E-state index contributed by atoms with van der Waals surface area (Å²) < 4.78 is 0. The molecule has 16 heteroatoms. The molecule has 0 spiro atoms. The Morgan fingerprint density at radius 2 is 1.38 bits per heavy atom. The van der Waals surface area contributed by atoms with Crippen LogP contribution in [-0.4, -0.2) is 85.8 Å². The Morgan fingerprint density at radius 1 is 0.724 bits per heavy atom. The molecule has 0 saturated carbocycles. The van der Waals surface area contributed by atoms with Crippen molar-refractivity contribution in [2.75, 3.05) is 0 Å². The van der Waals surface area contributed by atoms with Gasteiger partial charge in [-0.05, 0) is 104 Å². The molecule has 1 amide bonds. The summed E-state index contributed by atoms with van der Waals surface area (Å²) >= 11 is 0. The van der Waals surface area contributed by atoms with E-state index in [0.29, 0.717) is 50.1 Å². The summed E-state index contributed by atoms with van der Waals surface area (Å²) in [5.74, 6) is -2.74. The first-order valence-corrected chi connectivity index (χ1v) is 19.0. The number of aryl methyl sites for hydroxylation is 2. The van der Waals surface area contributed by atoms with Crippen LogP contribution < -0.4 is 32.4 Å². The molecule has 0 aromatic carbocycles. The lowest BCUT2D eigenvalue weighted by molar-refractivity contribution is -0.138. The topological polar surface area (TPSA) is 267 Å². The van der Waals surface area contributed by atoms with E-state index in [1.54, 1.807) is 12.4 Å². The molecule has 7 heterocycles. The normalized spacial score (nSPS) is 13.3. The average molecular weight is 787 g/mol. The Labute approximate surface area is 331 Å². The molecule has 6 aromatic rings. The zero-order chi connectivity index (χ0) is 41.2. The van der Waals surface area contributed by atoms with E-state index in [2.05, 4.69) is 45.2 Å². The van der Waals surface area contributed by atoms with Gasteiger partial charge in [0.25, 0.3) is 0 Å². The number of imidazole rings is 2. The lowest BCUT2D eigenvalue weighted by atomic mass is 9.96. The van der Waals surface area contributed by atoms with Crippen LogP contribution in [-0.2, 0) is 44.9 Å². The van der Waals surface area contributed by atoms with Gasteiger partial charge < -0.3 is 51.2 Å². The number of hydrogen-bond donors (Lipinski definition) is 10. The number of carbonyl (C=O) groups excluding carboxylic acids is 2. The number of nitrogens with zero attached hydrogens (tertiary/aromatic N) is 2. The highest BCUT2D eigenvalue weighted by atomic mass is 16.4. The minimum atomic E-state index is -1.06. The number of amides is 1. The number of H-pyrrole nitrogens is 6. The number of hydrogen-bond acceptors (Lipinski definition) is 7. The number of carboxylic acid groups (broad SMARTS) is 2. The smallest absolute Gasteiger partial charge is 0.303 e. The van der Waals surface area contributed by atoms with Crippen molar-refractivity contribution in [1.82, 2.24) is 45.2 Å². The van der Waals surface area contributed by atoms with E-state index >= 15 is 4.79 Å². The Bertz CT molecular complexity index is 2780. The zero-order valence-corrected chi connectivity index (χ0v) is 32.6. The second-order valence-corrected chi connectivity index (χ2v) is 14.9. The molecule has 300 valence electrons. The van der Waals surface area contributed by atoms with Crippen LogP contribution in [0, 0.1) is 27.7 Å². The first-order valence-electron chi connectivity index (χ1n) is 19.0. The van der Waals surface area contributed by atoms with E-state index in [-0.39, 0.29) is 44.3 Å². The fourth-order valence-corrected chi connectivity index (χ4v) is 7.62. The van der Waals surface area contributed by atoms with Gasteiger partial charge in [-0.2, -0.15) is 0 Å². The van der Waals surface area contributed by atoms with E-state index in [1.807, 2.05) is 58.1 Å². The minimum Gasteiger partial charge on any atom is -0.481 e. The quantitative estimate of drug-likeness (QED) is 0.0739. The monoisotopic (exact) mass is 786 g/mol. The van der Waals surface area contributed by atoms with Gasteiger partial charge >= 0.3 is 11.9 Å². The summed E-state index contributed by atoms with van der Waals surface area (Å²) in [6.45, 7) is 7.68. The number of nitrogens with two attached hydrogens (primary N) is 1. The summed E-state index contributed by atoms with van der Waals surface area (Å²) in [4.78, 5) is 80.4. The summed E-state index contributed by atoms with van der Waals surface area (Å²) in [6.07, 6.45) is 12.6. The van der Waals surface area contributed by atoms with Crippen LogP contribution in [0.25, 0.3) is 23.8 Å². The number of aromatic nitrogens is 8. The van der Waals surface area contributed by atoms with Gasteiger partial charge in [0.1, 0.15) is 0 Å². The highest BCUT2D eigenvalue weighted by Crippen LogP contribution is 2.23. The molecule has 2 atom stereocenters. The van der Waals surface area contributed by atoms with Crippen LogP contribution in [0.1, 0.15) is 80.4 Å². The van der Waals surface area contributed by atoms with Crippen molar-refractivity contribution >= 4 is 47.4 Å². The van der Waals surface area contributed by atoms with Gasteiger partial charge in [-0.1, -0.05) is 0 Å². The predicted octanol–water partition coefficient (Wildman–Crippen LogP) is 0.579. The first kappa shape index (κ1) is 39.3. The van der Waals surface area contributed by atoms with Crippen LogP contribution >= 0.6 is 0 Å². The maximum Gasteiger partial charge on any atom is 0.303 e. The molecule has 16 nitrogen and oxygen atoms in total. The van der Waals surface area contributed by atoms with Gasteiger partial charge in [0.05, 0.1) is 41.4 Å². The molecule has 0 unspecified atom stereocenters. The van der Waals surface area contributed by atoms with Crippen LogP contribution in [0.4, 0.5) is 0 Å². The molecule has 58 heavy (non-hydrogen) atoms. The lowest BCUT2D eigenvalue weighted by Gasteiger charge is -2.21. The second-order valence-electron chi connectivity index (χ2n) is 14.9. The molecule has 11 N–H and O–H groups in total. The first-order chi connectivity index (χ1) is 27.7. The molecule has 0 saturated heterocycles. The number of fused-ring (bicyclic) bond motifs is 8. The molecule has 0 aliphatic carbocycles. The van der Waals surface area contributed by atoms with Gasteiger partial charge in [-0.3, -0.25) is 19.2 Å². The molecule has 1 aliphatic heterocycles. The highest BCUT2D eigenvalue weighted by molar-refractivity contribution is 6.23. The largest absolute Gasteiger partial charge is 0.481 e. The molecule has 0 radical (unpaired) electrons. The van der Waals surface area contributed by atoms with E-state index < -0.39 is 29.9 Å². The third kappa shape index (κ3) is 8.27. The zero-order valence-electron chi connectivity index (χ0n) is 32.6. The van der Waals surface area contributed by atoms with Crippen LogP contribution in [0.2, 0.25) is 0 Å². The van der Waals surface area contributed by atoms with Crippen LogP contribution in [0.3, 0.4) is 0 Å². The minimum absolute atomic E-state index is 0.0850. The Kier molecular flexibility index (Phi) is 11.0. The summed E-state index contributed by atoms with van der Waals surface area (Å²) in [7, 11) is 0. The molecule has 6 aromatic heterocycles. The summed E-state index contributed by atoms with van der Waals surface area (Å²) in [6, 6.07) is 1.80. The van der Waals surface area contributed by atoms with Crippen molar-refractivity contribution in [3.05, 3.63) is 126 Å². The van der Waals surface area contributed by atoms with Gasteiger partial charge in [-0.15, -0.1) is 0 Å². The number of aliphatic carboxylic acids is 2. The van der Waals surface area contributed by atoms with Crippen LogP contribution in [0.15, 0.2) is 37.2 Å². The number of carbonyl (C=O) groups is 4. The molecule has 8 bridgehead atoms.